The summed E-state index contributed by atoms with van der Waals surface area (Å²) in [5.41, 5.74) is 1.79. The zero-order valence-corrected chi connectivity index (χ0v) is 8.38. The van der Waals surface area contributed by atoms with Crippen molar-refractivity contribution in [2.75, 3.05) is 5.84 Å². The molecular formula is C8H9N5S. The summed E-state index contributed by atoms with van der Waals surface area (Å²) in [5, 5.41) is 6.61. The van der Waals surface area contributed by atoms with Crippen LogP contribution in [0, 0.1) is 11.7 Å². The first kappa shape index (κ1) is 8.89. The largest absolute Gasteiger partial charge is 0.335 e. The molecule has 0 aromatic carbocycles. The Labute approximate surface area is 85.6 Å². The summed E-state index contributed by atoms with van der Waals surface area (Å²) in [4.78, 5) is 4.15. The standard InChI is InChI=1S/C8H9N5S/c1-5-2-3-6(4-10-5)7-11-12-8(14)13(7)9/h2-4H,9H2,1H3,(H,12,14). The molecule has 2 rings (SSSR count). The number of rotatable bonds is 1. The van der Waals surface area contributed by atoms with E-state index in [9.17, 15) is 0 Å². The second-order valence-corrected chi connectivity index (χ2v) is 3.30. The Bertz CT molecular complexity index is 495. The summed E-state index contributed by atoms with van der Waals surface area (Å²) in [6.45, 7) is 1.92. The molecule has 0 amide bonds. The van der Waals surface area contributed by atoms with Crippen molar-refractivity contribution in [1.29, 1.82) is 0 Å². The number of H-pyrrole nitrogens is 1. The van der Waals surface area contributed by atoms with E-state index in [1.54, 1.807) is 6.20 Å². The Balaban J connectivity index is 2.55. The number of aromatic nitrogens is 4. The Morgan fingerprint density at radius 1 is 1.50 bits per heavy atom. The first-order chi connectivity index (χ1) is 6.68. The van der Waals surface area contributed by atoms with Crippen molar-refractivity contribution in [1.82, 2.24) is 19.9 Å². The molecule has 0 saturated carbocycles. The maximum atomic E-state index is 5.66. The van der Waals surface area contributed by atoms with Gasteiger partial charge in [-0.1, -0.05) is 0 Å². The SMILES string of the molecule is Cc1ccc(-c2n[nH]c(=S)n2N)cn1. The first-order valence-electron chi connectivity index (χ1n) is 4.04. The molecule has 0 unspecified atom stereocenters. The number of nitrogens with one attached hydrogen (secondary N) is 1. The van der Waals surface area contributed by atoms with E-state index < -0.39 is 0 Å². The highest BCUT2D eigenvalue weighted by atomic mass is 32.1. The van der Waals surface area contributed by atoms with Gasteiger partial charge in [0, 0.05) is 17.5 Å². The van der Waals surface area contributed by atoms with Crippen LogP contribution >= 0.6 is 12.2 Å². The summed E-state index contributed by atoms with van der Waals surface area (Å²) in [6.07, 6.45) is 1.71. The predicted molar refractivity (Wildman–Crippen MR) is 55.5 cm³/mol. The molecule has 3 N–H and O–H groups in total. The Kier molecular flexibility index (Phi) is 2.05. The van der Waals surface area contributed by atoms with Crippen LogP contribution in [0.3, 0.4) is 0 Å². The van der Waals surface area contributed by atoms with Crippen LogP contribution < -0.4 is 5.84 Å². The minimum atomic E-state index is 0.389. The molecule has 0 atom stereocenters. The monoisotopic (exact) mass is 207 g/mol. The molecule has 2 aromatic rings. The molecule has 14 heavy (non-hydrogen) atoms. The van der Waals surface area contributed by atoms with Gasteiger partial charge in [-0.2, -0.15) is 5.10 Å². The van der Waals surface area contributed by atoms with E-state index in [-0.39, 0.29) is 0 Å². The molecule has 2 heterocycles. The van der Waals surface area contributed by atoms with E-state index in [0.29, 0.717) is 10.6 Å². The fourth-order valence-electron chi connectivity index (χ4n) is 1.11. The maximum Gasteiger partial charge on any atom is 0.214 e. The lowest BCUT2D eigenvalue weighted by Gasteiger charge is -1.99. The third-order valence-corrected chi connectivity index (χ3v) is 2.16. The molecule has 0 saturated heterocycles. The lowest BCUT2D eigenvalue weighted by atomic mass is 10.2. The molecule has 0 radical (unpaired) electrons. The molecule has 0 aliphatic carbocycles. The van der Waals surface area contributed by atoms with Crippen LogP contribution in [0.15, 0.2) is 18.3 Å². The molecule has 72 valence electrons. The third-order valence-electron chi connectivity index (χ3n) is 1.87. The summed E-state index contributed by atoms with van der Waals surface area (Å²) < 4.78 is 1.71. The number of pyridine rings is 1. The van der Waals surface area contributed by atoms with Crippen LogP contribution in [-0.4, -0.2) is 19.9 Å². The Morgan fingerprint density at radius 2 is 2.29 bits per heavy atom. The smallest absolute Gasteiger partial charge is 0.214 e. The van der Waals surface area contributed by atoms with Gasteiger partial charge in [-0.05, 0) is 31.3 Å². The second-order valence-electron chi connectivity index (χ2n) is 2.91. The van der Waals surface area contributed by atoms with E-state index in [1.807, 2.05) is 19.1 Å². The van der Waals surface area contributed by atoms with Crippen molar-refractivity contribution < 1.29 is 0 Å². The first-order valence-corrected chi connectivity index (χ1v) is 4.45. The van der Waals surface area contributed by atoms with E-state index in [0.717, 1.165) is 11.3 Å². The summed E-state index contributed by atoms with van der Waals surface area (Å²) in [6, 6.07) is 3.80. The van der Waals surface area contributed by atoms with Gasteiger partial charge in [0.2, 0.25) is 4.77 Å². The summed E-state index contributed by atoms with van der Waals surface area (Å²) >= 11 is 4.90. The van der Waals surface area contributed by atoms with Crippen LogP contribution in [0.1, 0.15) is 5.69 Å². The van der Waals surface area contributed by atoms with Crippen molar-refractivity contribution in [3.63, 3.8) is 0 Å². The van der Waals surface area contributed by atoms with Gasteiger partial charge in [-0.25, -0.2) is 9.77 Å². The number of aryl methyl sites for hydroxylation is 1. The normalized spacial score (nSPS) is 10.4. The number of hydrogen-bond acceptors (Lipinski definition) is 4. The zero-order chi connectivity index (χ0) is 10.1. The van der Waals surface area contributed by atoms with E-state index in [4.69, 9.17) is 18.1 Å². The second kappa shape index (κ2) is 3.22. The van der Waals surface area contributed by atoms with Gasteiger partial charge >= 0.3 is 0 Å². The molecule has 0 spiro atoms. The van der Waals surface area contributed by atoms with Crippen molar-refractivity contribution in [3.8, 4) is 11.4 Å². The van der Waals surface area contributed by atoms with E-state index >= 15 is 0 Å². The predicted octanol–water partition coefficient (Wildman–Crippen LogP) is 1.02. The molecule has 0 bridgehead atoms. The van der Waals surface area contributed by atoms with Crippen molar-refractivity contribution in [3.05, 3.63) is 28.8 Å². The third kappa shape index (κ3) is 1.39. The fraction of sp³-hybridized carbons (Fsp3) is 0.125. The summed E-state index contributed by atoms with van der Waals surface area (Å²) in [5.74, 6) is 6.25. The van der Waals surface area contributed by atoms with Gasteiger partial charge in [0.15, 0.2) is 5.82 Å². The number of nitrogen functional groups attached to an aromatic ring is 1. The maximum absolute atomic E-state index is 5.66. The molecule has 5 nitrogen and oxygen atoms in total. The Hall–Kier alpha value is -1.69. The quantitative estimate of drug-likeness (QED) is 0.541. The van der Waals surface area contributed by atoms with Crippen LogP contribution in [0.25, 0.3) is 11.4 Å². The van der Waals surface area contributed by atoms with Crippen molar-refractivity contribution >= 4 is 12.2 Å². The van der Waals surface area contributed by atoms with Crippen LogP contribution in [0.5, 0.6) is 0 Å². The highest BCUT2D eigenvalue weighted by Crippen LogP contribution is 2.13. The fourth-order valence-corrected chi connectivity index (χ4v) is 1.24. The van der Waals surface area contributed by atoms with Crippen LogP contribution in [0.2, 0.25) is 0 Å². The minimum Gasteiger partial charge on any atom is -0.335 e. The molecular weight excluding hydrogens is 198 g/mol. The molecule has 0 aliphatic heterocycles. The van der Waals surface area contributed by atoms with E-state index in [1.165, 1.54) is 4.68 Å². The van der Waals surface area contributed by atoms with Gasteiger partial charge in [0.05, 0.1) is 0 Å². The average Bonchev–Trinajstić information content (AvgIpc) is 2.50. The average molecular weight is 207 g/mol. The lowest BCUT2D eigenvalue weighted by Crippen LogP contribution is -2.09. The van der Waals surface area contributed by atoms with Crippen LogP contribution in [-0.2, 0) is 0 Å². The molecule has 6 heteroatoms. The minimum absolute atomic E-state index is 0.389. The van der Waals surface area contributed by atoms with Gasteiger partial charge in [-0.3, -0.25) is 4.98 Å². The Morgan fingerprint density at radius 3 is 2.79 bits per heavy atom. The van der Waals surface area contributed by atoms with Crippen LogP contribution in [0.4, 0.5) is 0 Å². The van der Waals surface area contributed by atoms with Gasteiger partial charge in [-0.15, -0.1) is 0 Å². The van der Waals surface area contributed by atoms with E-state index in [2.05, 4.69) is 15.2 Å². The summed E-state index contributed by atoms with van der Waals surface area (Å²) in [7, 11) is 0. The zero-order valence-electron chi connectivity index (χ0n) is 7.56. The lowest BCUT2D eigenvalue weighted by molar-refractivity contribution is 0.982. The molecule has 2 aromatic heterocycles. The molecule has 0 fully saturated rings. The highest BCUT2D eigenvalue weighted by Gasteiger charge is 2.05. The number of nitrogens with two attached hydrogens (primary N) is 1. The topological polar surface area (TPSA) is 72.5 Å². The molecule has 0 aliphatic rings. The number of hydrogen-bond donors (Lipinski definition) is 2. The number of nitrogens with zero attached hydrogens (tertiary/aromatic N) is 3. The highest BCUT2D eigenvalue weighted by molar-refractivity contribution is 7.71. The van der Waals surface area contributed by atoms with Crippen molar-refractivity contribution in [2.45, 2.75) is 6.92 Å². The van der Waals surface area contributed by atoms with Gasteiger partial charge in [0.1, 0.15) is 0 Å². The number of aromatic amines is 1. The van der Waals surface area contributed by atoms with Gasteiger partial charge in [0.25, 0.3) is 0 Å². The van der Waals surface area contributed by atoms with Gasteiger partial charge < -0.3 is 5.84 Å². The van der Waals surface area contributed by atoms with Crippen molar-refractivity contribution in [2.24, 2.45) is 0 Å².